The van der Waals surface area contributed by atoms with Crippen LogP contribution in [-0.2, 0) is 0 Å². The Morgan fingerprint density at radius 3 is 2.47 bits per heavy atom. The SMILES string of the molecule is CNC/C=C(/Oc1ccccc1N)c1ccccc1. The van der Waals surface area contributed by atoms with Crippen molar-refractivity contribution in [3.8, 4) is 5.75 Å². The van der Waals surface area contributed by atoms with E-state index in [2.05, 4.69) is 5.32 Å². The van der Waals surface area contributed by atoms with Crippen LogP contribution in [0.3, 0.4) is 0 Å². The third-order valence-corrected chi connectivity index (χ3v) is 2.69. The van der Waals surface area contributed by atoms with Crippen molar-refractivity contribution in [3.63, 3.8) is 0 Å². The van der Waals surface area contributed by atoms with Gasteiger partial charge in [0, 0.05) is 12.1 Å². The number of benzene rings is 2. The highest BCUT2D eigenvalue weighted by atomic mass is 16.5. The van der Waals surface area contributed by atoms with Crippen molar-refractivity contribution < 1.29 is 4.74 Å². The van der Waals surface area contributed by atoms with Crippen LogP contribution in [0.4, 0.5) is 5.69 Å². The van der Waals surface area contributed by atoms with Crippen LogP contribution < -0.4 is 15.8 Å². The fourth-order valence-electron chi connectivity index (χ4n) is 1.71. The van der Waals surface area contributed by atoms with Crippen molar-refractivity contribution >= 4 is 11.4 Å². The lowest BCUT2D eigenvalue weighted by Gasteiger charge is -2.12. The number of anilines is 1. The maximum atomic E-state index is 5.93. The van der Waals surface area contributed by atoms with E-state index in [0.29, 0.717) is 11.4 Å². The Balaban J connectivity index is 2.27. The fourth-order valence-corrected chi connectivity index (χ4v) is 1.71. The molecule has 0 atom stereocenters. The van der Waals surface area contributed by atoms with Crippen LogP contribution in [0.5, 0.6) is 5.75 Å². The summed E-state index contributed by atoms with van der Waals surface area (Å²) in [4.78, 5) is 0. The van der Waals surface area contributed by atoms with Gasteiger partial charge in [0.25, 0.3) is 0 Å². The lowest BCUT2D eigenvalue weighted by atomic mass is 10.2. The highest BCUT2D eigenvalue weighted by Gasteiger charge is 2.06. The molecule has 2 rings (SSSR count). The lowest BCUT2D eigenvalue weighted by molar-refractivity contribution is 0.515. The van der Waals surface area contributed by atoms with E-state index in [9.17, 15) is 0 Å². The predicted molar refractivity (Wildman–Crippen MR) is 79.8 cm³/mol. The number of likely N-dealkylation sites (N-methyl/N-ethyl adjacent to an activating group) is 1. The van der Waals surface area contributed by atoms with Gasteiger partial charge in [-0.1, -0.05) is 42.5 Å². The lowest BCUT2D eigenvalue weighted by Crippen LogP contribution is -2.07. The molecule has 0 aromatic heterocycles. The van der Waals surface area contributed by atoms with Gasteiger partial charge in [0.05, 0.1) is 5.69 Å². The third kappa shape index (κ3) is 3.60. The summed E-state index contributed by atoms with van der Waals surface area (Å²) in [5.41, 5.74) is 7.57. The molecule has 0 fully saturated rings. The second-order valence-electron chi connectivity index (χ2n) is 4.13. The molecule has 0 radical (unpaired) electrons. The number of hydrogen-bond acceptors (Lipinski definition) is 3. The van der Waals surface area contributed by atoms with Crippen LogP contribution >= 0.6 is 0 Å². The van der Waals surface area contributed by atoms with Crippen LogP contribution in [0.2, 0.25) is 0 Å². The van der Waals surface area contributed by atoms with Crippen LogP contribution in [0.25, 0.3) is 5.76 Å². The zero-order valence-electron chi connectivity index (χ0n) is 11.0. The Morgan fingerprint density at radius 1 is 1.11 bits per heavy atom. The molecular formula is C16H18N2O. The first-order valence-corrected chi connectivity index (χ1v) is 6.24. The van der Waals surface area contributed by atoms with E-state index in [1.54, 1.807) is 0 Å². The quantitative estimate of drug-likeness (QED) is 0.637. The first-order chi connectivity index (χ1) is 9.31. The largest absolute Gasteiger partial charge is 0.455 e. The molecule has 0 spiro atoms. The molecule has 3 nitrogen and oxygen atoms in total. The molecule has 2 aromatic rings. The summed E-state index contributed by atoms with van der Waals surface area (Å²) in [5.74, 6) is 1.47. The number of nitrogen functional groups attached to an aromatic ring is 1. The average molecular weight is 254 g/mol. The fraction of sp³-hybridized carbons (Fsp3) is 0.125. The monoisotopic (exact) mass is 254 g/mol. The van der Waals surface area contributed by atoms with Crippen molar-refractivity contribution in [1.82, 2.24) is 5.32 Å². The van der Waals surface area contributed by atoms with Gasteiger partial charge in [-0.3, -0.25) is 0 Å². The highest BCUT2D eigenvalue weighted by molar-refractivity contribution is 5.65. The summed E-state index contributed by atoms with van der Waals surface area (Å²) in [6.07, 6.45) is 2.00. The number of hydrogen-bond donors (Lipinski definition) is 2. The van der Waals surface area contributed by atoms with E-state index in [4.69, 9.17) is 10.5 Å². The van der Waals surface area contributed by atoms with Gasteiger partial charge in [0.15, 0.2) is 0 Å². The van der Waals surface area contributed by atoms with Crippen LogP contribution in [-0.4, -0.2) is 13.6 Å². The molecule has 2 aromatic carbocycles. The van der Waals surface area contributed by atoms with E-state index in [1.807, 2.05) is 67.7 Å². The number of nitrogens with one attached hydrogen (secondary N) is 1. The summed E-state index contributed by atoms with van der Waals surface area (Å²) < 4.78 is 5.93. The van der Waals surface area contributed by atoms with E-state index in [1.165, 1.54) is 0 Å². The minimum atomic E-state index is 0.633. The van der Waals surface area contributed by atoms with Gasteiger partial charge in [-0.25, -0.2) is 0 Å². The predicted octanol–water partition coefficient (Wildman–Crippen LogP) is 2.91. The van der Waals surface area contributed by atoms with Crippen molar-refractivity contribution in [2.45, 2.75) is 0 Å². The number of ether oxygens (including phenoxy) is 1. The molecule has 0 aliphatic heterocycles. The Hall–Kier alpha value is -2.26. The number of para-hydroxylation sites is 2. The average Bonchev–Trinajstić information content (AvgIpc) is 2.46. The van der Waals surface area contributed by atoms with Crippen molar-refractivity contribution in [3.05, 3.63) is 66.2 Å². The smallest absolute Gasteiger partial charge is 0.150 e. The normalized spacial score (nSPS) is 11.3. The summed E-state index contributed by atoms with van der Waals surface area (Å²) >= 11 is 0. The molecule has 0 unspecified atom stereocenters. The minimum absolute atomic E-state index is 0.633. The molecular weight excluding hydrogens is 236 g/mol. The maximum absolute atomic E-state index is 5.93. The highest BCUT2D eigenvalue weighted by Crippen LogP contribution is 2.26. The van der Waals surface area contributed by atoms with E-state index >= 15 is 0 Å². The molecule has 0 bridgehead atoms. The number of nitrogens with two attached hydrogens (primary N) is 1. The molecule has 98 valence electrons. The van der Waals surface area contributed by atoms with Gasteiger partial charge >= 0.3 is 0 Å². The minimum Gasteiger partial charge on any atom is -0.455 e. The van der Waals surface area contributed by atoms with E-state index in [-0.39, 0.29) is 0 Å². The second kappa shape index (κ2) is 6.61. The summed E-state index contributed by atoms with van der Waals surface area (Å²) in [7, 11) is 1.90. The van der Waals surface area contributed by atoms with E-state index in [0.717, 1.165) is 17.9 Å². The first-order valence-electron chi connectivity index (χ1n) is 6.24. The molecule has 3 heteroatoms. The topological polar surface area (TPSA) is 47.3 Å². The molecule has 0 heterocycles. The zero-order valence-corrected chi connectivity index (χ0v) is 11.0. The molecule has 0 aliphatic rings. The van der Waals surface area contributed by atoms with Gasteiger partial charge in [-0.05, 0) is 25.3 Å². The van der Waals surface area contributed by atoms with Gasteiger partial charge < -0.3 is 15.8 Å². The number of rotatable bonds is 5. The van der Waals surface area contributed by atoms with Crippen molar-refractivity contribution in [2.24, 2.45) is 0 Å². The summed E-state index contributed by atoms with van der Waals surface area (Å²) in [5, 5.41) is 3.08. The van der Waals surface area contributed by atoms with Gasteiger partial charge in [0.2, 0.25) is 0 Å². The van der Waals surface area contributed by atoms with Crippen LogP contribution in [0.1, 0.15) is 5.56 Å². The second-order valence-corrected chi connectivity index (χ2v) is 4.13. The molecule has 19 heavy (non-hydrogen) atoms. The summed E-state index contributed by atoms with van der Waals surface area (Å²) in [6.45, 7) is 0.733. The van der Waals surface area contributed by atoms with Crippen LogP contribution in [0.15, 0.2) is 60.7 Å². The molecule has 0 amide bonds. The standard InChI is InChI=1S/C16H18N2O/c1-18-12-11-15(13-7-3-2-4-8-13)19-16-10-6-5-9-14(16)17/h2-11,18H,12,17H2,1H3/b15-11+. The summed E-state index contributed by atoms with van der Waals surface area (Å²) in [6, 6.07) is 17.5. The Morgan fingerprint density at radius 2 is 1.79 bits per heavy atom. The third-order valence-electron chi connectivity index (χ3n) is 2.69. The van der Waals surface area contributed by atoms with Crippen molar-refractivity contribution in [2.75, 3.05) is 19.3 Å². The molecule has 3 N–H and O–H groups in total. The molecule has 0 saturated carbocycles. The van der Waals surface area contributed by atoms with Gasteiger partial charge in [-0.15, -0.1) is 0 Å². The van der Waals surface area contributed by atoms with Gasteiger partial charge in [-0.2, -0.15) is 0 Å². The zero-order chi connectivity index (χ0) is 13.5. The molecule has 0 aliphatic carbocycles. The Labute approximate surface area is 113 Å². The Bertz CT molecular complexity index is 550. The maximum Gasteiger partial charge on any atom is 0.150 e. The first kappa shape index (κ1) is 13.2. The van der Waals surface area contributed by atoms with E-state index < -0.39 is 0 Å². The Kier molecular flexibility index (Phi) is 4.59. The van der Waals surface area contributed by atoms with Crippen molar-refractivity contribution in [1.29, 1.82) is 0 Å². The van der Waals surface area contributed by atoms with Crippen LogP contribution in [0, 0.1) is 0 Å². The van der Waals surface area contributed by atoms with Gasteiger partial charge in [0.1, 0.15) is 11.5 Å². The molecule has 0 saturated heterocycles.